The average Bonchev–Trinajstić information content (AvgIpc) is 3.12. The van der Waals surface area contributed by atoms with Crippen molar-refractivity contribution in [2.24, 2.45) is 4.99 Å². The van der Waals surface area contributed by atoms with E-state index in [0.717, 1.165) is 23.5 Å². The number of benzene rings is 2. The van der Waals surface area contributed by atoms with E-state index in [1.165, 1.54) is 5.56 Å². The van der Waals surface area contributed by atoms with Crippen molar-refractivity contribution in [1.29, 1.82) is 0 Å². The Morgan fingerprint density at radius 1 is 1.17 bits per heavy atom. The second kappa shape index (κ2) is 10.5. The predicted molar refractivity (Wildman–Crippen MR) is 118 cm³/mol. The van der Waals surface area contributed by atoms with Crippen LogP contribution in [0.25, 0.3) is 0 Å². The predicted octanol–water partition coefficient (Wildman–Crippen LogP) is 2.50. The zero-order valence-electron chi connectivity index (χ0n) is 17.8. The van der Waals surface area contributed by atoms with E-state index in [4.69, 9.17) is 9.47 Å². The maximum atomic E-state index is 12.1. The van der Waals surface area contributed by atoms with Gasteiger partial charge in [0.1, 0.15) is 17.6 Å². The molecule has 0 aliphatic carbocycles. The van der Waals surface area contributed by atoms with E-state index in [1.807, 2.05) is 31.2 Å². The highest BCUT2D eigenvalue weighted by atomic mass is 16.5. The molecule has 1 aliphatic rings. The van der Waals surface area contributed by atoms with Crippen molar-refractivity contribution in [2.45, 2.75) is 32.9 Å². The molecule has 0 aromatic heterocycles. The van der Waals surface area contributed by atoms with Crippen LogP contribution in [-0.2, 0) is 13.0 Å². The van der Waals surface area contributed by atoms with Crippen molar-refractivity contribution < 1.29 is 14.3 Å². The van der Waals surface area contributed by atoms with Crippen LogP contribution in [0.5, 0.6) is 11.5 Å². The summed E-state index contributed by atoms with van der Waals surface area (Å²) >= 11 is 0. The van der Waals surface area contributed by atoms with E-state index in [1.54, 1.807) is 19.2 Å². The minimum Gasteiger partial charge on any atom is -0.494 e. The van der Waals surface area contributed by atoms with Gasteiger partial charge in [-0.25, -0.2) is 0 Å². The first kappa shape index (κ1) is 21.5. The topological polar surface area (TPSA) is 84.0 Å². The number of rotatable bonds is 8. The van der Waals surface area contributed by atoms with Gasteiger partial charge in [0.2, 0.25) is 0 Å². The van der Waals surface area contributed by atoms with Crippen LogP contribution in [0.1, 0.15) is 35.3 Å². The molecule has 0 bridgehead atoms. The minimum absolute atomic E-state index is 0.0888. The lowest BCUT2D eigenvalue weighted by molar-refractivity contribution is 0.0954. The highest BCUT2D eigenvalue weighted by molar-refractivity contribution is 5.94. The molecule has 0 saturated carbocycles. The standard InChI is InChI=1S/C23H30N4O3/c1-4-29-20-13-18-12-16(2)30-21(18)14-19(20)15-27-23(24-3)26-11-10-25-22(28)17-8-6-5-7-9-17/h5-9,13-14,16H,4,10-12,15H2,1-3H3,(H,25,28)(H2,24,26,27). The lowest BCUT2D eigenvalue weighted by Gasteiger charge is -2.16. The van der Waals surface area contributed by atoms with Gasteiger partial charge < -0.3 is 25.4 Å². The Balaban J connectivity index is 1.49. The second-order valence-corrected chi connectivity index (χ2v) is 7.11. The number of aliphatic imine (C=N–C) groups is 1. The third-order valence-corrected chi connectivity index (χ3v) is 4.79. The summed E-state index contributed by atoms with van der Waals surface area (Å²) in [6.45, 7) is 6.26. The quantitative estimate of drug-likeness (QED) is 0.354. The van der Waals surface area contributed by atoms with Crippen LogP contribution < -0.4 is 25.4 Å². The summed E-state index contributed by atoms with van der Waals surface area (Å²) in [4.78, 5) is 16.3. The molecule has 1 aliphatic heterocycles. The molecule has 2 aromatic rings. The Morgan fingerprint density at radius 3 is 2.67 bits per heavy atom. The van der Waals surface area contributed by atoms with Gasteiger partial charge in [-0.3, -0.25) is 9.79 Å². The zero-order chi connectivity index (χ0) is 21.3. The highest BCUT2D eigenvalue weighted by Crippen LogP contribution is 2.35. The first-order valence-corrected chi connectivity index (χ1v) is 10.3. The Kier molecular flexibility index (Phi) is 7.54. The number of amides is 1. The van der Waals surface area contributed by atoms with Crippen LogP contribution in [-0.4, -0.2) is 44.7 Å². The molecule has 1 heterocycles. The van der Waals surface area contributed by atoms with Gasteiger partial charge in [0, 0.05) is 49.8 Å². The summed E-state index contributed by atoms with van der Waals surface area (Å²) in [7, 11) is 1.72. The summed E-state index contributed by atoms with van der Waals surface area (Å²) in [6, 6.07) is 13.3. The normalized spacial score (nSPS) is 15.2. The summed E-state index contributed by atoms with van der Waals surface area (Å²) in [5.41, 5.74) is 2.85. The molecule has 7 nitrogen and oxygen atoms in total. The second-order valence-electron chi connectivity index (χ2n) is 7.11. The van der Waals surface area contributed by atoms with Crippen LogP contribution in [0.2, 0.25) is 0 Å². The lowest BCUT2D eigenvalue weighted by Crippen LogP contribution is -2.41. The van der Waals surface area contributed by atoms with Crippen LogP contribution in [0.4, 0.5) is 0 Å². The molecular formula is C23H30N4O3. The minimum atomic E-state index is -0.0888. The third-order valence-electron chi connectivity index (χ3n) is 4.79. The molecule has 160 valence electrons. The van der Waals surface area contributed by atoms with E-state index in [9.17, 15) is 4.79 Å². The number of ether oxygens (including phenoxy) is 2. The molecule has 1 amide bonds. The number of hydrogen-bond acceptors (Lipinski definition) is 4. The zero-order valence-corrected chi connectivity index (χ0v) is 17.8. The number of guanidine groups is 1. The van der Waals surface area contributed by atoms with Gasteiger partial charge in [-0.1, -0.05) is 18.2 Å². The highest BCUT2D eigenvalue weighted by Gasteiger charge is 2.21. The van der Waals surface area contributed by atoms with Crippen molar-refractivity contribution in [1.82, 2.24) is 16.0 Å². The largest absolute Gasteiger partial charge is 0.494 e. The first-order chi connectivity index (χ1) is 14.6. The van der Waals surface area contributed by atoms with E-state index >= 15 is 0 Å². The van der Waals surface area contributed by atoms with Crippen molar-refractivity contribution in [3.8, 4) is 11.5 Å². The van der Waals surface area contributed by atoms with Crippen LogP contribution in [0.3, 0.4) is 0 Å². The van der Waals surface area contributed by atoms with Crippen molar-refractivity contribution in [3.05, 3.63) is 59.2 Å². The molecule has 30 heavy (non-hydrogen) atoms. The SMILES string of the molecule is CCOc1cc2c(cc1CNC(=NC)NCCNC(=O)c1ccccc1)OC(C)C2. The fourth-order valence-corrected chi connectivity index (χ4v) is 3.36. The summed E-state index contributed by atoms with van der Waals surface area (Å²) < 4.78 is 11.7. The van der Waals surface area contributed by atoms with Gasteiger partial charge in [-0.15, -0.1) is 0 Å². The van der Waals surface area contributed by atoms with Crippen molar-refractivity contribution in [2.75, 3.05) is 26.7 Å². The maximum Gasteiger partial charge on any atom is 0.251 e. The Hall–Kier alpha value is -3.22. The molecule has 0 saturated heterocycles. The fraction of sp³-hybridized carbons (Fsp3) is 0.391. The van der Waals surface area contributed by atoms with Gasteiger partial charge >= 0.3 is 0 Å². The molecule has 1 unspecified atom stereocenters. The Morgan fingerprint density at radius 2 is 1.93 bits per heavy atom. The van der Waals surface area contributed by atoms with Crippen LogP contribution >= 0.6 is 0 Å². The van der Waals surface area contributed by atoms with Crippen molar-refractivity contribution >= 4 is 11.9 Å². The molecule has 0 radical (unpaired) electrons. The molecule has 3 N–H and O–H groups in total. The smallest absolute Gasteiger partial charge is 0.251 e. The molecule has 3 rings (SSSR count). The molecule has 1 atom stereocenters. The van der Waals surface area contributed by atoms with Crippen LogP contribution in [0.15, 0.2) is 47.5 Å². The number of carbonyl (C=O) groups is 1. The van der Waals surface area contributed by atoms with Gasteiger partial charge in [0.15, 0.2) is 5.96 Å². The summed E-state index contributed by atoms with van der Waals surface area (Å²) in [6.07, 6.45) is 1.10. The maximum absolute atomic E-state index is 12.1. The molecule has 2 aromatic carbocycles. The van der Waals surface area contributed by atoms with Gasteiger partial charge in [-0.2, -0.15) is 0 Å². The number of fused-ring (bicyclic) bond motifs is 1. The van der Waals surface area contributed by atoms with Gasteiger partial charge in [0.25, 0.3) is 5.91 Å². The monoisotopic (exact) mass is 410 g/mol. The Labute approximate surface area is 177 Å². The number of carbonyl (C=O) groups excluding carboxylic acids is 1. The van der Waals surface area contributed by atoms with Gasteiger partial charge in [-0.05, 0) is 38.1 Å². The van der Waals surface area contributed by atoms with Crippen molar-refractivity contribution in [3.63, 3.8) is 0 Å². The van der Waals surface area contributed by atoms with E-state index in [0.29, 0.717) is 37.8 Å². The average molecular weight is 411 g/mol. The molecular weight excluding hydrogens is 380 g/mol. The molecule has 0 spiro atoms. The molecule has 7 heteroatoms. The van der Waals surface area contributed by atoms with Gasteiger partial charge in [0.05, 0.1) is 6.61 Å². The first-order valence-electron chi connectivity index (χ1n) is 10.3. The van der Waals surface area contributed by atoms with E-state index in [-0.39, 0.29) is 12.0 Å². The Bertz CT molecular complexity index is 884. The summed E-state index contributed by atoms with van der Waals surface area (Å²) in [5.74, 6) is 2.36. The molecule has 0 fully saturated rings. The van der Waals surface area contributed by atoms with Crippen LogP contribution in [0, 0.1) is 0 Å². The number of nitrogens with one attached hydrogen (secondary N) is 3. The van der Waals surface area contributed by atoms with E-state index in [2.05, 4.69) is 33.9 Å². The fourth-order valence-electron chi connectivity index (χ4n) is 3.36. The number of hydrogen-bond donors (Lipinski definition) is 3. The third kappa shape index (κ3) is 5.65. The van der Waals surface area contributed by atoms with E-state index < -0.39 is 0 Å². The summed E-state index contributed by atoms with van der Waals surface area (Å²) in [5, 5.41) is 9.40. The lowest BCUT2D eigenvalue weighted by atomic mass is 10.1. The number of nitrogens with zero attached hydrogens (tertiary/aromatic N) is 1.